The number of rotatable bonds is 7. The minimum absolute atomic E-state index is 0.258. The number of allylic oxidation sites excluding steroid dienone is 1. The number of nitrogens with zero attached hydrogens (tertiary/aromatic N) is 5. The highest BCUT2D eigenvalue weighted by Gasteiger charge is 2.21. The molecular formula is C18H16Cl2N6OS. The minimum Gasteiger partial charge on any atom is -0.308 e. The summed E-state index contributed by atoms with van der Waals surface area (Å²) >= 11 is 13.2. The first-order valence-corrected chi connectivity index (χ1v) is 9.86. The Labute approximate surface area is 176 Å². The molecule has 1 N–H and O–H groups in total. The summed E-state index contributed by atoms with van der Waals surface area (Å²) in [5.41, 5.74) is 0.880. The molecule has 0 fully saturated rings. The van der Waals surface area contributed by atoms with Crippen LogP contribution in [0.3, 0.4) is 0 Å². The van der Waals surface area contributed by atoms with Gasteiger partial charge in [0.25, 0.3) is 0 Å². The molecular weight excluding hydrogens is 419 g/mol. The molecule has 0 aromatic carbocycles. The maximum atomic E-state index is 12.6. The SMILES string of the molecule is C=CCn1c(SC(C)C(=O)Nc2ncc(Cl)cc2Cl)nnc1-c1ccncc1. The number of nitrogens with one attached hydrogen (secondary N) is 1. The summed E-state index contributed by atoms with van der Waals surface area (Å²) < 4.78 is 1.89. The third-order valence-electron chi connectivity index (χ3n) is 3.67. The van der Waals surface area contributed by atoms with E-state index in [1.165, 1.54) is 24.0 Å². The van der Waals surface area contributed by atoms with Gasteiger partial charge < -0.3 is 5.32 Å². The molecule has 3 aromatic rings. The molecule has 3 heterocycles. The highest BCUT2D eigenvalue weighted by molar-refractivity contribution is 8.00. The molecule has 0 saturated heterocycles. The quantitative estimate of drug-likeness (QED) is 0.439. The monoisotopic (exact) mass is 434 g/mol. The highest BCUT2D eigenvalue weighted by Crippen LogP contribution is 2.28. The molecule has 0 aliphatic heterocycles. The van der Waals surface area contributed by atoms with Gasteiger partial charge in [-0.15, -0.1) is 16.8 Å². The number of hydrogen-bond acceptors (Lipinski definition) is 6. The highest BCUT2D eigenvalue weighted by atomic mass is 35.5. The summed E-state index contributed by atoms with van der Waals surface area (Å²) in [5, 5.41) is 12.0. The lowest BCUT2D eigenvalue weighted by Crippen LogP contribution is -2.23. The Balaban J connectivity index is 1.78. The van der Waals surface area contributed by atoms with Crippen LogP contribution in [0.4, 0.5) is 5.82 Å². The lowest BCUT2D eigenvalue weighted by molar-refractivity contribution is -0.115. The van der Waals surface area contributed by atoms with E-state index >= 15 is 0 Å². The van der Waals surface area contributed by atoms with Gasteiger partial charge in [0.1, 0.15) is 0 Å². The largest absolute Gasteiger partial charge is 0.308 e. The Kier molecular flexibility index (Phi) is 6.66. The van der Waals surface area contributed by atoms with Gasteiger partial charge in [-0.25, -0.2) is 4.98 Å². The van der Waals surface area contributed by atoms with Crippen molar-refractivity contribution >= 4 is 46.7 Å². The molecule has 3 rings (SSSR count). The Hall–Kier alpha value is -2.42. The van der Waals surface area contributed by atoms with Gasteiger partial charge in [0, 0.05) is 30.7 Å². The number of aromatic nitrogens is 5. The average Bonchev–Trinajstić information content (AvgIpc) is 3.07. The van der Waals surface area contributed by atoms with Gasteiger partial charge >= 0.3 is 0 Å². The predicted octanol–water partition coefficient (Wildman–Crippen LogP) is 4.35. The van der Waals surface area contributed by atoms with Crippen molar-refractivity contribution in [3.63, 3.8) is 0 Å². The fourth-order valence-electron chi connectivity index (χ4n) is 2.32. The standard InChI is InChI=1S/C18H16Cl2N6OS/c1-3-8-26-16(12-4-6-21-7-5-12)24-25-18(26)28-11(2)17(27)23-15-14(20)9-13(19)10-22-15/h3-7,9-11H,1,8H2,2H3,(H,22,23,27). The average molecular weight is 435 g/mol. The van der Waals surface area contributed by atoms with E-state index in [1.807, 2.05) is 16.7 Å². The van der Waals surface area contributed by atoms with Crippen molar-refractivity contribution in [1.82, 2.24) is 24.7 Å². The molecule has 0 aliphatic carbocycles. The first-order chi connectivity index (χ1) is 13.5. The molecule has 1 unspecified atom stereocenters. The van der Waals surface area contributed by atoms with Crippen LogP contribution in [0.25, 0.3) is 11.4 Å². The Bertz CT molecular complexity index is 995. The van der Waals surface area contributed by atoms with Gasteiger partial charge in [0.05, 0.1) is 15.3 Å². The summed E-state index contributed by atoms with van der Waals surface area (Å²) in [6, 6.07) is 5.22. The van der Waals surface area contributed by atoms with Crippen LogP contribution in [0.1, 0.15) is 6.92 Å². The third kappa shape index (κ3) is 4.70. The topological polar surface area (TPSA) is 85.6 Å². The van der Waals surface area contributed by atoms with Crippen LogP contribution in [0.5, 0.6) is 0 Å². The number of hydrogen-bond donors (Lipinski definition) is 1. The summed E-state index contributed by atoms with van der Waals surface area (Å²) in [4.78, 5) is 20.6. The Morgan fingerprint density at radius 2 is 2.11 bits per heavy atom. The van der Waals surface area contributed by atoms with Crippen LogP contribution in [-0.2, 0) is 11.3 Å². The molecule has 0 radical (unpaired) electrons. The van der Waals surface area contributed by atoms with Crippen molar-refractivity contribution in [2.75, 3.05) is 5.32 Å². The summed E-state index contributed by atoms with van der Waals surface area (Å²) in [7, 11) is 0. The van der Waals surface area contributed by atoms with E-state index in [0.29, 0.717) is 22.5 Å². The first kappa shape index (κ1) is 20.3. The van der Waals surface area contributed by atoms with Crippen molar-refractivity contribution < 1.29 is 4.79 Å². The van der Waals surface area contributed by atoms with Crippen LogP contribution in [0.15, 0.2) is 54.6 Å². The molecule has 0 spiro atoms. The van der Waals surface area contributed by atoms with Gasteiger partial charge in [-0.3, -0.25) is 14.3 Å². The minimum atomic E-state index is -0.466. The van der Waals surface area contributed by atoms with Crippen molar-refractivity contribution in [3.05, 3.63) is 59.5 Å². The lowest BCUT2D eigenvalue weighted by Gasteiger charge is -2.13. The number of anilines is 1. The second-order valence-electron chi connectivity index (χ2n) is 5.67. The van der Waals surface area contributed by atoms with E-state index in [1.54, 1.807) is 25.4 Å². The van der Waals surface area contributed by atoms with E-state index in [-0.39, 0.29) is 16.7 Å². The second-order valence-corrected chi connectivity index (χ2v) is 7.83. The zero-order valence-corrected chi connectivity index (χ0v) is 17.2. The maximum Gasteiger partial charge on any atom is 0.238 e. The Morgan fingerprint density at radius 1 is 1.36 bits per heavy atom. The number of carbonyl (C=O) groups excluding carboxylic acids is 1. The van der Waals surface area contributed by atoms with Gasteiger partial charge in [0.15, 0.2) is 16.8 Å². The maximum absolute atomic E-state index is 12.6. The van der Waals surface area contributed by atoms with Crippen LogP contribution >= 0.6 is 35.0 Å². The van der Waals surface area contributed by atoms with Gasteiger partial charge in [-0.2, -0.15) is 0 Å². The van der Waals surface area contributed by atoms with Gasteiger partial charge in [-0.05, 0) is 25.1 Å². The summed E-state index contributed by atoms with van der Waals surface area (Å²) in [5.74, 6) is 0.675. The van der Waals surface area contributed by atoms with E-state index in [0.717, 1.165) is 5.56 Å². The smallest absolute Gasteiger partial charge is 0.238 e. The number of amides is 1. The Morgan fingerprint density at radius 3 is 2.79 bits per heavy atom. The van der Waals surface area contributed by atoms with Crippen LogP contribution in [0, 0.1) is 0 Å². The summed E-state index contributed by atoms with van der Waals surface area (Å²) in [6.45, 7) is 6.06. The predicted molar refractivity (Wildman–Crippen MR) is 112 cm³/mol. The third-order valence-corrected chi connectivity index (χ3v) is 5.24. The van der Waals surface area contributed by atoms with Gasteiger partial charge in [-0.1, -0.05) is 41.0 Å². The molecule has 0 bridgehead atoms. The fourth-order valence-corrected chi connectivity index (χ4v) is 3.61. The van der Waals surface area contributed by atoms with Crippen molar-refractivity contribution in [3.8, 4) is 11.4 Å². The van der Waals surface area contributed by atoms with E-state index in [2.05, 4.69) is 32.1 Å². The van der Waals surface area contributed by atoms with Crippen LogP contribution in [-0.4, -0.2) is 35.9 Å². The fraction of sp³-hybridized carbons (Fsp3) is 0.167. The first-order valence-electron chi connectivity index (χ1n) is 8.22. The van der Waals surface area contributed by atoms with Crippen molar-refractivity contribution in [2.24, 2.45) is 0 Å². The zero-order valence-electron chi connectivity index (χ0n) is 14.8. The molecule has 144 valence electrons. The van der Waals surface area contributed by atoms with Crippen LogP contribution < -0.4 is 5.32 Å². The molecule has 10 heteroatoms. The second kappa shape index (κ2) is 9.18. The number of carbonyl (C=O) groups is 1. The number of pyridine rings is 2. The van der Waals surface area contributed by atoms with Crippen LogP contribution in [0.2, 0.25) is 10.0 Å². The van der Waals surface area contributed by atoms with Gasteiger partial charge in [0.2, 0.25) is 5.91 Å². The molecule has 0 saturated carbocycles. The molecule has 0 aliphatic rings. The molecule has 1 amide bonds. The normalized spacial score (nSPS) is 11.8. The molecule has 1 atom stereocenters. The molecule has 3 aromatic heterocycles. The van der Waals surface area contributed by atoms with Crippen molar-refractivity contribution in [2.45, 2.75) is 23.9 Å². The lowest BCUT2D eigenvalue weighted by atomic mass is 10.2. The van der Waals surface area contributed by atoms with E-state index in [4.69, 9.17) is 23.2 Å². The van der Waals surface area contributed by atoms with E-state index < -0.39 is 5.25 Å². The zero-order chi connectivity index (χ0) is 20.1. The number of thioether (sulfide) groups is 1. The van der Waals surface area contributed by atoms with E-state index in [9.17, 15) is 4.79 Å². The van der Waals surface area contributed by atoms with Crippen molar-refractivity contribution in [1.29, 1.82) is 0 Å². The molecule has 28 heavy (non-hydrogen) atoms. The number of halogens is 2. The summed E-state index contributed by atoms with van der Waals surface area (Å²) in [6.07, 6.45) is 6.55. The molecule has 7 nitrogen and oxygen atoms in total.